The number of hydrogen-bond acceptors (Lipinski definition) is 5. The van der Waals surface area contributed by atoms with Crippen LogP contribution in [-0.2, 0) is 21.9 Å². The molecular formula is C29H31ClN2O4S. The molecule has 0 N–H and O–H groups in total. The van der Waals surface area contributed by atoms with E-state index in [-0.39, 0.29) is 23.5 Å². The summed E-state index contributed by atoms with van der Waals surface area (Å²) in [5.41, 5.74) is 4.71. The molecular weight excluding hydrogens is 508 g/mol. The summed E-state index contributed by atoms with van der Waals surface area (Å²) in [5, 5.41) is 0.735. The molecule has 1 fully saturated rings. The van der Waals surface area contributed by atoms with Gasteiger partial charge in [0.25, 0.3) is 0 Å². The Morgan fingerprint density at radius 3 is 2.35 bits per heavy atom. The molecule has 0 atom stereocenters. The Labute approximate surface area is 223 Å². The van der Waals surface area contributed by atoms with Crippen molar-refractivity contribution in [1.29, 1.82) is 0 Å². The van der Waals surface area contributed by atoms with Gasteiger partial charge >= 0.3 is 0 Å². The van der Waals surface area contributed by atoms with Crippen LogP contribution in [0.1, 0.15) is 36.0 Å². The van der Waals surface area contributed by atoms with Crippen LogP contribution in [0.2, 0.25) is 5.02 Å². The molecule has 3 aromatic carbocycles. The summed E-state index contributed by atoms with van der Waals surface area (Å²) in [6, 6.07) is 20.7. The zero-order valence-electron chi connectivity index (χ0n) is 21.1. The van der Waals surface area contributed by atoms with Gasteiger partial charge in [0.05, 0.1) is 17.7 Å². The third-order valence-electron chi connectivity index (χ3n) is 7.49. The van der Waals surface area contributed by atoms with Crippen LogP contribution >= 0.6 is 11.6 Å². The number of halogens is 1. The molecule has 2 aliphatic rings. The van der Waals surface area contributed by atoms with Crippen LogP contribution in [-0.4, -0.2) is 52.3 Å². The predicted octanol–water partition coefficient (Wildman–Crippen LogP) is 5.52. The zero-order chi connectivity index (χ0) is 26.0. The number of rotatable bonds is 9. The average molecular weight is 539 g/mol. The van der Waals surface area contributed by atoms with E-state index in [1.54, 1.807) is 38.4 Å². The van der Waals surface area contributed by atoms with E-state index in [1.807, 2.05) is 18.2 Å². The van der Waals surface area contributed by atoms with Gasteiger partial charge in [-0.1, -0.05) is 36.2 Å². The van der Waals surface area contributed by atoms with E-state index in [0.717, 1.165) is 42.1 Å². The second-order valence-electron chi connectivity index (χ2n) is 9.59. The van der Waals surface area contributed by atoms with Gasteiger partial charge < -0.3 is 9.47 Å². The van der Waals surface area contributed by atoms with Crippen LogP contribution in [0.3, 0.4) is 0 Å². The summed E-state index contributed by atoms with van der Waals surface area (Å²) in [4.78, 5) is 5.24. The Kier molecular flexibility index (Phi) is 7.30. The quantitative estimate of drug-likeness (QED) is 0.360. The van der Waals surface area contributed by atoms with Gasteiger partial charge in [0, 0.05) is 36.1 Å². The largest absolute Gasteiger partial charge is 0.497 e. The lowest BCUT2D eigenvalue weighted by Gasteiger charge is -2.45. The Bertz CT molecular complexity index is 1400. The molecule has 1 saturated carbocycles. The highest BCUT2D eigenvalue weighted by atomic mass is 35.5. The molecule has 0 spiro atoms. The summed E-state index contributed by atoms with van der Waals surface area (Å²) in [7, 11) is -0.511. The Hall–Kier alpha value is -2.87. The van der Waals surface area contributed by atoms with Crippen molar-refractivity contribution >= 4 is 27.3 Å². The normalized spacial score (nSPS) is 16.5. The fraction of sp³-hybridized carbons (Fsp3) is 0.345. The molecule has 0 saturated heterocycles. The van der Waals surface area contributed by atoms with Crippen molar-refractivity contribution in [2.24, 2.45) is 4.99 Å². The van der Waals surface area contributed by atoms with Crippen LogP contribution in [0.5, 0.6) is 11.5 Å². The lowest BCUT2D eigenvalue weighted by atomic mass is 9.59. The molecule has 194 valence electrons. The molecule has 3 aromatic rings. The Morgan fingerprint density at radius 1 is 1.00 bits per heavy atom. The van der Waals surface area contributed by atoms with E-state index in [2.05, 4.69) is 24.3 Å². The summed E-state index contributed by atoms with van der Waals surface area (Å²) < 4.78 is 38.3. The van der Waals surface area contributed by atoms with Gasteiger partial charge in [0.15, 0.2) is 0 Å². The number of aliphatic imine (C=N–C) groups is 1. The molecule has 0 aromatic heterocycles. The smallest absolute Gasteiger partial charge is 0.242 e. The molecule has 1 heterocycles. The first-order chi connectivity index (χ1) is 17.8. The summed E-state index contributed by atoms with van der Waals surface area (Å²) in [6.07, 6.45) is 4.19. The van der Waals surface area contributed by atoms with Gasteiger partial charge in [-0.3, -0.25) is 4.99 Å². The van der Waals surface area contributed by atoms with Crippen molar-refractivity contribution in [1.82, 2.24) is 4.31 Å². The highest BCUT2D eigenvalue weighted by Crippen LogP contribution is 2.48. The third kappa shape index (κ3) is 5.00. The van der Waals surface area contributed by atoms with Crippen molar-refractivity contribution in [3.05, 3.63) is 88.4 Å². The van der Waals surface area contributed by atoms with Crippen molar-refractivity contribution in [3.63, 3.8) is 0 Å². The fourth-order valence-corrected chi connectivity index (χ4v) is 6.45. The van der Waals surface area contributed by atoms with Gasteiger partial charge in [0.1, 0.15) is 18.1 Å². The molecule has 1 aliphatic carbocycles. The molecule has 0 amide bonds. The lowest BCUT2D eigenvalue weighted by molar-refractivity contribution is 0.286. The summed E-state index contributed by atoms with van der Waals surface area (Å²) in [6.45, 7) is 1.24. The zero-order valence-corrected chi connectivity index (χ0v) is 22.7. The van der Waals surface area contributed by atoms with E-state index in [0.29, 0.717) is 11.5 Å². The first kappa shape index (κ1) is 25.8. The molecule has 0 bridgehead atoms. The second kappa shape index (κ2) is 10.5. The minimum Gasteiger partial charge on any atom is -0.497 e. The minimum atomic E-state index is -3.62. The monoisotopic (exact) mass is 538 g/mol. The molecule has 0 radical (unpaired) electrons. The third-order valence-corrected chi connectivity index (χ3v) is 9.61. The van der Waals surface area contributed by atoms with Crippen LogP contribution in [0.15, 0.2) is 76.6 Å². The molecule has 0 unspecified atom stereocenters. The highest BCUT2D eigenvalue weighted by molar-refractivity contribution is 7.89. The van der Waals surface area contributed by atoms with E-state index in [9.17, 15) is 8.42 Å². The maximum absolute atomic E-state index is 12.9. The van der Waals surface area contributed by atoms with Crippen molar-refractivity contribution in [3.8, 4) is 11.5 Å². The lowest BCUT2D eigenvalue weighted by Crippen LogP contribution is -2.44. The maximum atomic E-state index is 12.9. The number of benzene rings is 3. The summed E-state index contributed by atoms with van der Waals surface area (Å²) >= 11 is 6.16. The number of hydrogen-bond donors (Lipinski definition) is 0. The van der Waals surface area contributed by atoms with Gasteiger partial charge in [-0.2, -0.15) is 4.31 Å². The second-order valence-corrected chi connectivity index (χ2v) is 12.1. The first-order valence-corrected chi connectivity index (χ1v) is 14.3. The minimum absolute atomic E-state index is 0.0922. The molecule has 8 heteroatoms. The SMILES string of the molecule is COc1ccc(S(=O)(=O)N(C)CCOc2ccc3c(c2)C(C2(c4ccc(Cl)cc4)CCC2)=NCC3)cc1. The number of fused-ring (bicyclic) bond motifs is 1. The number of likely N-dealkylation sites (N-methyl/N-ethyl adjacent to an activating group) is 1. The van der Waals surface area contributed by atoms with Gasteiger partial charge in [0.2, 0.25) is 10.0 Å². The van der Waals surface area contributed by atoms with E-state index in [4.69, 9.17) is 26.1 Å². The summed E-state index contributed by atoms with van der Waals surface area (Å²) in [5.74, 6) is 1.33. The van der Waals surface area contributed by atoms with Crippen molar-refractivity contribution in [2.75, 3.05) is 33.9 Å². The van der Waals surface area contributed by atoms with Crippen LogP contribution in [0.4, 0.5) is 0 Å². The Balaban J connectivity index is 1.30. The van der Waals surface area contributed by atoms with Gasteiger partial charge in [-0.15, -0.1) is 0 Å². The predicted molar refractivity (Wildman–Crippen MR) is 147 cm³/mol. The molecule has 1 aliphatic heterocycles. The van der Waals surface area contributed by atoms with Gasteiger partial charge in [-0.05, 0) is 78.9 Å². The number of sulfonamides is 1. The first-order valence-electron chi connectivity index (χ1n) is 12.5. The average Bonchev–Trinajstić information content (AvgIpc) is 2.89. The number of methoxy groups -OCH3 is 1. The number of nitrogens with zero attached hydrogens (tertiary/aromatic N) is 2. The molecule has 6 nitrogen and oxygen atoms in total. The standard InChI is InChI=1S/C29H31ClN2O4S/c1-32(37(33,34)26-12-10-24(35-2)11-13-26)18-19-36-25-9-4-21-14-17-31-28(27(21)20-25)29(15-3-16-29)22-5-7-23(30)8-6-22/h4-13,20H,3,14-19H2,1-2H3. The number of ether oxygens (including phenoxy) is 2. The van der Waals surface area contributed by atoms with E-state index >= 15 is 0 Å². The van der Waals surface area contributed by atoms with E-state index in [1.165, 1.54) is 21.9 Å². The molecule has 37 heavy (non-hydrogen) atoms. The fourth-order valence-electron chi connectivity index (χ4n) is 5.17. The van der Waals surface area contributed by atoms with Crippen molar-refractivity contribution in [2.45, 2.75) is 36.0 Å². The van der Waals surface area contributed by atoms with E-state index < -0.39 is 10.0 Å². The molecule has 5 rings (SSSR count). The maximum Gasteiger partial charge on any atom is 0.242 e. The topological polar surface area (TPSA) is 68.2 Å². The van der Waals surface area contributed by atoms with Crippen LogP contribution in [0, 0.1) is 0 Å². The van der Waals surface area contributed by atoms with Crippen LogP contribution < -0.4 is 9.47 Å². The van der Waals surface area contributed by atoms with Gasteiger partial charge in [-0.25, -0.2) is 8.42 Å². The van der Waals surface area contributed by atoms with Crippen LogP contribution in [0.25, 0.3) is 0 Å². The highest BCUT2D eigenvalue weighted by Gasteiger charge is 2.45. The van der Waals surface area contributed by atoms with Crippen molar-refractivity contribution < 1.29 is 17.9 Å². The Morgan fingerprint density at radius 2 is 1.70 bits per heavy atom.